The van der Waals surface area contributed by atoms with Crippen LogP contribution < -0.4 is 15.5 Å². The quantitative estimate of drug-likeness (QED) is 0.570. The van der Waals surface area contributed by atoms with E-state index in [1.54, 1.807) is 13.1 Å². The second-order valence-corrected chi connectivity index (χ2v) is 7.62. The molecule has 2 aromatic rings. The van der Waals surface area contributed by atoms with Crippen molar-refractivity contribution < 1.29 is 4.39 Å². The second kappa shape index (κ2) is 9.17. The van der Waals surface area contributed by atoms with E-state index in [0.717, 1.165) is 41.9 Å². The van der Waals surface area contributed by atoms with Crippen LogP contribution in [0.25, 0.3) is 0 Å². The SMILES string of the molecule is CN=C(NCc1ccc(Br)cc1F)NC1CCN(c2cccc(C)n2)CC1. The van der Waals surface area contributed by atoms with Crippen molar-refractivity contribution >= 4 is 27.7 Å². The predicted molar refractivity (Wildman–Crippen MR) is 112 cm³/mol. The number of hydrogen-bond donors (Lipinski definition) is 2. The summed E-state index contributed by atoms with van der Waals surface area (Å²) in [5.41, 5.74) is 1.65. The highest BCUT2D eigenvalue weighted by Gasteiger charge is 2.21. The maximum atomic E-state index is 14.0. The molecule has 0 spiro atoms. The molecule has 1 aromatic heterocycles. The van der Waals surface area contributed by atoms with E-state index >= 15 is 0 Å². The number of aromatic nitrogens is 1. The highest BCUT2D eigenvalue weighted by atomic mass is 79.9. The van der Waals surface area contributed by atoms with Gasteiger partial charge in [0.05, 0.1) is 0 Å². The molecule has 0 unspecified atom stereocenters. The van der Waals surface area contributed by atoms with E-state index in [-0.39, 0.29) is 5.82 Å². The highest BCUT2D eigenvalue weighted by molar-refractivity contribution is 9.10. The zero-order valence-corrected chi connectivity index (χ0v) is 17.3. The van der Waals surface area contributed by atoms with Crippen LogP contribution in [-0.4, -0.2) is 37.1 Å². The van der Waals surface area contributed by atoms with Crippen LogP contribution in [-0.2, 0) is 6.54 Å². The fourth-order valence-corrected chi connectivity index (χ4v) is 3.52. The molecule has 2 heterocycles. The van der Waals surface area contributed by atoms with E-state index in [4.69, 9.17) is 0 Å². The Kier molecular flexibility index (Phi) is 6.66. The van der Waals surface area contributed by atoms with Crippen molar-refractivity contribution in [2.45, 2.75) is 32.4 Å². The van der Waals surface area contributed by atoms with Gasteiger partial charge in [0.1, 0.15) is 11.6 Å². The zero-order chi connectivity index (χ0) is 19.2. The number of aryl methyl sites for hydroxylation is 1. The fraction of sp³-hybridized carbons (Fsp3) is 0.400. The number of hydrogen-bond acceptors (Lipinski definition) is 3. The van der Waals surface area contributed by atoms with Gasteiger partial charge in [-0.2, -0.15) is 0 Å². The van der Waals surface area contributed by atoms with Crippen LogP contribution in [0.2, 0.25) is 0 Å². The summed E-state index contributed by atoms with van der Waals surface area (Å²) >= 11 is 3.28. The maximum Gasteiger partial charge on any atom is 0.191 e. The minimum absolute atomic E-state index is 0.230. The molecule has 0 atom stereocenters. The largest absolute Gasteiger partial charge is 0.356 e. The van der Waals surface area contributed by atoms with E-state index in [9.17, 15) is 4.39 Å². The van der Waals surface area contributed by atoms with Gasteiger partial charge in [-0.05, 0) is 44.0 Å². The number of piperidine rings is 1. The molecule has 2 N–H and O–H groups in total. The molecule has 144 valence electrons. The zero-order valence-electron chi connectivity index (χ0n) is 15.7. The molecular formula is C20H25BrFN5. The van der Waals surface area contributed by atoms with Gasteiger partial charge in [0.25, 0.3) is 0 Å². The molecule has 5 nitrogen and oxygen atoms in total. The van der Waals surface area contributed by atoms with Gasteiger partial charge in [-0.15, -0.1) is 0 Å². The molecular weight excluding hydrogens is 409 g/mol. The number of pyridine rings is 1. The number of anilines is 1. The van der Waals surface area contributed by atoms with Crippen molar-refractivity contribution in [3.63, 3.8) is 0 Å². The summed E-state index contributed by atoms with van der Waals surface area (Å²) in [6.45, 7) is 4.31. The van der Waals surface area contributed by atoms with Crippen LogP contribution in [0.4, 0.5) is 10.2 Å². The number of aliphatic imine (C=N–C) groups is 1. The van der Waals surface area contributed by atoms with Gasteiger partial charge in [0, 0.05) is 48.5 Å². The Bertz CT molecular complexity index is 803. The predicted octanol–water partition coefficient (Wildman–Crippen LogP) is 3.63. The van der Waals surface area contributed by atoms with Crippen LogP contribution in [0.15, 0.2) is 45.9 Å². The molecule has 0 amide bonds. The van der Waals surface area contributed by atoms with Gasteiger partial charge < -0.3 is 15.5 Å². The molecule has 1 aliphatic rings. The Balaban J connectivity index is 1.49. The average molecular weight is 434 g/mol. The number of guanidine groups is 1. The Hall–Kier alpha value is -2.15. The molecule has 1 fully saturated rings. The fourth-order valence-electron chi connectivity index (χ4n) is 3.19. The van der Waals surface area contributed by atoms with Crippen LogP contribution in [0.1, 0.15) is 24.1 Å². The topological polar surface area (TPSA) is 52.6 Å². The van der Waals surface area contributed by atoms with E-state index in [1.165, 1.54) is 6.07 Å². The highest BCUT2D eigenvalue weighted by Crippen LogP contribution is 2.18. The van der Waals surface area contributed by atoms with E-state index in [0.29, 0.717) is 24.1 Å². The lowest BCUT2D eigenvalue weighted by Gasteiger charge is -2.34. The van der Waals surface area contributed by atoms with Gasteiger partial charge in [0.15, 0.2) is 5.96 Å². The number of nitrogens with one attached hydrogen (secondary N) is 2. The molecule has 0 radical (unpaired) electrons. The molecule has 3 rings (SSSR count). The molecule has 27 heavy (non-hydrogen) atoms. The lowest BCUT2D eigenvalue weighted by atomic mass is 10.1. The Labute approximate surface area is 168 Å². The summed E-state index contributed by atoms with van der Waals surface area (Å²) in [5.74, 6) is 1.51. The number of nitrogens with zero attached hydrogens (tertiary/aromatic N) is 3. The third-order valence-electron chi connectivity index (χ3n) is 4.72. The monoisotopic (exact) mass is 433 g/mol. The number of halogens is 2. The summed E-state index contributed by atoms with van der Waals surface area (Å²) < 4.78 is 14.7. The van der Waals surface area contributed by atoms with Gasteiger partial charge >= 0.3 is 0 Å². The maximum absolute atomic E-state index is 14.0. The van der Waals surface area contributed by atoms with Crippen LogP contribution in [0.5, 0.6) is 0 Å². The summed E-state index contributed by atoms with van der Waals surface area (Å²) in [7, 11) is 1.74. The van der Waals surface area contributed by atoms with E-state index < -0.39 is 0 Å². The lowest BCUT2D eigenvalue weighted by Crippen LogP contribution is -2.48. The van der Waals surface area contributed by atoms with Gasteiger partial charge in [-0.3, -0.25) is 4.99 Å². The smallest absolute Gasteiger partial charge is 0.191 e. The van der Waals surface area contributed by atoms with E-state index in [1.807, 2.05) is 19.1 Å². The molecule has 0 saturated carbocycles. The minimum atomic E-state index is -0.230. The van der Waals surface area contributed by atoms with Crippen LogP contribution >= 0.6 is 15.9 Å². The first-order chi connectivity index (χ1) is 13.0. The summed E-state index contributed by atoms with van der Waals surface area (Å²) in [6.07, 6.45) is 2.01. The van der Waals surface area contributed by atoms with Crippen LogP contribution in [0, 0.1) is 12.7 Å². The summed E-state index contributed by atoms with van der Waals surface area (Å²) in [4.78, 5) is 11.2. The molecule has 1 aromatic carbocycles. The normalized spacial score (nSPS) is 15.7. The minimum Gasteiger partial charge on any atom is -0.356 e. The van der Waals surface area contributed by atoms with Crippen LogP contribution in [0.3, 0.4) is 0 Å². The van der Waals surface area contributed by atoms with Crippen molar-refractivity contribution in [3.05, 3.63) is 57.9 Å². The molecule has 0 bridgehead atoms. The summed E-state index contributed by atoms with van der Waals surface area (Å²) in [5, 5.41) is 6.65. The Morgan fingerprint density at radius 2 is 2.07 bits per heavy atom. The molecule has 0 aliphatic carbocycles. The third-order valence-corrected chi connectivity index (χ3v) is 5.21. The molecule has 7 heteroatoms. The van der Waals surface area contributed by atoms with Gasteiger partial charge in [-0.1, -0.05) is 28.1 Å². The Morgan fingerprint density at radius 3 is 2.74 bits per heavy atom. The molecule has 1 aliphatic heterocycles. The second-order valence-electron chi connectivity index (χ2n) is 6.70. The standard InChI is InChI=1S/C20H25BrFN5/c1-14-4-3-5-19(25-14)27-10-8-17(9-11-27)26-20(23-2)24-13-15-6-7-16(21)12-18(15)22/h3-7,12,17H,8-11,13H2,1-2H3,(H2,23,24,26). The van der Waals surface area contributed by atoms with Crippen molar-refractivity contribution in [1.29, 1.82) is 0 Å². The number of rotatable bonds is 4. The third kappa shape index (κ3) is 5.42. The van der Waals surface area contributed by atoms with Crippen molar-refractivity contribution in [3.8, 4) is 0 Å². The van der Waals surface area contributed by atoms with E-state index in [2.05, 4.69) is 53.6 Å². The van der Waals surface area contributed by atoms with Crippen molar-refractivity contribution in [1.82, 2.24) is 15.6 Å². The average Bonchev–Trinajstić information content (AvgIpc) is 2.67. The van der Waals surface area contributed by atoms with Gasteiger partial charge in [0.2, 0.25) is 0 Å². The van der Waals surface area contributed by atoms with Crippen molar-refractivity contribution in [2.24, 2.45) is 4.99 Å². The lowest BCUT2D eigenvalue weighted by molar-refractivity contribution is 0.459. The number of benzene rings is 1. The van der Waals surface area contributed by atoms with Crippen molar-refractivity contribution in [2.75, 3.05) is 25.0 Å². The first-order valence-corrected chi connectivity index (χ1v) is 9.94. The Morgan fingerprint density at radius 1 is 1.30 bits per heavy atom. The molecule has 1 saturated heterocycles. The first kappa shape index (κ1) is 19.6. The summed E-state index contributed by atoms with van der Waals surface area (Å²) in [6, 6.07) is 11.6. The first-order valence-electron chi connectivity index (χ1n) is 9.15. The van der Waals surface area contributed by atoms with Gasteiger partial charge in [-0.25, -0.2) is 9.37 Å².